The Morgan fingerprint density at radius 2 is 1.76 bits per heavy atom. The molecule has 2 aromatic heterocycles. The summed E-state index contributed by atoms with van der Waals surface area (Å²) >= 11 is 0. The summed E-state index contributed by atoms with van der Waals surface area (Å²) in [5, 5.41) is 0.811. The molecule has 0 radical (unpaired) electrons. The Morgan fingerprint density at radius 3 is 2.53 bits per heavy atom. The van der Waals surface area contributed by atoms with E-state index in [0.717, 1.165) is 16.6 Å². The number of fused-ring (bicyclic) bond motifs is 1. The molecule has 17 heavy (non-hydrogen) atoms. The largest absolute Gasteiger partial charge is 0.383 e. The van der Waals surface area contributed by atoms with Crippen LogP contribution in [0.25, 0.3) is 16.6 Å². The van der Waals surface area contributed by atoms with Crippen LogP contribution in [0.2, 0.25) is 0 Å². The maximum absolute atomic E-state index is 5.84. The average Bonchev–Trinajstić information content (AvgIpc) is 2.82. The van der Waals surface area contributed by atoms with Crippen molar-refractivity contribution < 1.29 is 0 Å². The van der Waals surface area contributed by atoms with Crippen molar-refractivity contribution in [1.82, 2.24) is 14.5 Å². The third kappa shape index (κ3) is 1.57. The summed E-state index contributed by atoms with van der Waals surface area (Å²) in [6.45, 7) is 0. The molecule has 0 saturated heterocycles. The lowest BCUT2D eigenvalue weighted by molar-refractivity contribution is 1.08. The molecule has 0 atom stereocenters. The quantitative estimate of drug-likeness (QED) is 0.658. The Hall–Kier alpha value is -2.56. The second-order valence-electron chi connectivity index (χ2n) is 3.76. The molecule has 0 aliphatic carbocycles. The molecular weight excluding hydrogens is 214 g/mol. The second-order valence-corrected chi connectivity index (χ2v) is 3.76. The Kier molecular flexibility index (Phi) is 1.98. The first kappa shape index (κ1) is 9.65. The zero-order valence-corrected chi connectivity index (χ0v) is 9.04. The van der Waals surface area contributed by atoms with Gasteiger partial charge in [0, 0.05) is 23.5 Å². The molecule has 0 bridgehead atoms. The van der Waals surface area contributed by atoms with Crippen LogP contribution in [0.15, 0.2) is 42.7 Å². The minimum Gasteiger partial charge on any atom is -0.383 e. The molecule has 3 rings (SSSR count). The van der Waals surface area contributed by atoms with Gasteiger partial charge in [0.2, 0.25) is 5.95 Å². The maximum atomic E-state index is 5.84. The summed E-state index contributed by atoms with van der Waals surface area (Å²) in [5.41, 5.74) is 13.2. The monoisotopic (exact) mass is 225 g/mol. The first-order chi connectivity index (χ1) is 8.24. The molecule has 0 saturated carbocycles. The molecule has 1 aromatic carbocycles. The molecule has 2 heterocycles. The summed E-state index contributed by atoms with van der Waals surface area (Å²) in [7, 11) is 0. The fourth-order valence-electron chi connectivity index (χ4n) is 1.83. The highest BCUT2D eigenvalue weighted by Crippen LogP contribution is 2.22. The van der Waals surface area contributed by atoms with Gasteiger partial charge in [0.15, 0.2) is 0 Å². The van der Waals surface area contributed by atoms with Gasteiger partial charge in [-0.3, -0.25) is 0 Å². The van der Waals surface area contributed by atoms with Gasteiger partial charge in [0.1, 0.15) is 5.82 Å². The van der Waals surface area contributed by atoms with Crippen molar-refractivity contribution in [3.63, 3.8) is 0 Å². The predicted molar refractivity (Wildman–Crippen MR) is 67.7 cm³/mol. The number of hydrogen-bond acceptors (Lipinski definition) is 4. The highest BCUT2D eigenvalue weighted by atomic mass is 15.0. The van der Waals surface area contributed by atoms with E-state index in [9.17, 15) is 0 Å². The smallest absolute Gasteiger partial charge is 0.222 e. The predicted octanol–water partition coefficient (Wildman–Crippen LogP) is 1.58. The normalized spacial score (nSPS) is 10.8. The van der Waals surface area contributed by atoms with E-state index in [1.54, 1.807) is 0 Å². The number of rotatable bonds is 1. The zero-order valence-electron chi connectivity index (χ0n) is 9.04. The van der Waals surface area contributed by atoms with Crippen molar-refractivity contribution in [3.05, 3.63) is 42.7 Å². The Bertz CT molecular complexity index is 673. The lowest BCUT2D eigenvalue weighted by Gasteiger charge is -2.06. The lowest BCUT2D eigenvalue weighted by atomic mass is 10.2. The van der Waals surface area contributed by atoms with Gasteiger partial charge < -0.3 is 16.0 Å². The van der Waals surface area contributed by atoms with Crippen LogP contribution in [-0.2, 0) is 0 Å². The highest BCUT2D eigenvalue weighted by molar-refractivity contribution is 5.90. The third-order valence-electron chi connectivity index (χ3n) is 2.63. The number of aromatic nitrogens is 3. The molecule has 0 spiro atoms. The molecule has 0 aliphatic rings. The number of nitrogens with zero attached hydrogens (tertiary/aromatic N) is 3. The van der Waals surface area contributed by atoms with E-state index in [-0.39, 0.29) is 5.95 Å². The third-order valence-corrected chi connectivity index (χ3v) is 2.63. The Morgan fingerprint density at radius 1 is 1.00 bits per heavy atom. The van der Waals surface area contributed by atoms with Gasteiger partial charge in [0.25, 0.3) is 0 Å². The molecule has 0 unspecified atom stereocenters. The fourth-order valence-corrected chi connectivity index (χ4v) is 1.83. The standard InChI is InChI=1S/C12H11N5/c13-11-9-7-8(17-5-1-2-6-17)3-4-10(9)15-12(14)16-11/h1-7H,(H4,13,14,15,16). The minimum atomic E-state index is 0.198. The van der Waals surface area contributed by atoms with Crippen LogP contribution in [0.5, 0.6) is 0 Å². The number of benzene rings is 1. The highest BCUT2D eigenvalue weighted by Gasteiger charge is 2.04. The maximum Gasteiger partial charge on any atom is 0.222 e. The van der Waals surface area contributed by atoms with E-state index in [0.29, 0.717) is 5.82 Å². The Labute approximate surface area is 97.7 Å². The van der Waals surface area contributed by atoms with Crippen molar-refractivity contribution in [2.45, 2.75) is 0 Å². The van der Waals surface area contributed by atoms with Crippen molar-refractivity contribution in [2.24, 2.45) is 0 Å². The van der Waals surface area contributed by atoms with Gasteiger partial charge in [-0.05, 0) is 30.3 Å². The summed E-state index contributed by atoms with van der Waals surface area (Å²) in [5.74, 6) is 0.602. The van der Waals surface area contributed by atoms with Gasteiger partial charge in [-0.1, -0.05) is 0 Å². The van der Waals surface area contributed by atoms with Gasteiger partial charge in [-0.2, -0.15) is 4.98 Å². The number of nitrogen functional groups attached to an aromatic ring is 2. The van der Waals surface area contributed by atoms with E-state index >= 15 is 0 Å². The Balaban J connectivity index is 2.26. The van der Waals surface area contributed by atoms with Crippen molar-refractivity contribution in [1.29, 1.82) is 0 Å². The van der Waals surface area contributed by atoms with Crippen molar-refractivity contribution in [2.75, 3.05) is 11.5 Å². The molecular formula is C12H11N5. The topological polar surface area (TPSA) is 82.7 Å². The molecule has 5 nitrogen and oxygen atoms in total. The van der Waals surface area contributed by atoms with Gasteiger partial charge in [-0.25, -0.2) is 4.98 Å². The van der Waals surface area contributed by atoms with Crippen LogP contribution in [0, 0.1) is 0 Å². The first-order valence-corrected chi connectivity index (χ1v) is 5.20. The SMILES string of the molecule is Nc1nc(N)c2cc(-n3cccc3)ccc2n1. The van der Waals surface area contributed by atoms with Crippen LogP contribution in [0.1, 0.15) is 0 Å². The van der Waals surface area contributed by atoms with E-state index < -0.39 is 0 Å². The lowest BCUT2D eigenvalue weighted by Crippen LogP contribution is -2.01. The second kappa shape index (κ2) is 3.48. The van der Waals surface area contributed by atoms with Crippen LogP contribution >= 0.6 is 0 Å². The zero-order chi connectivity index (χ0) is 11.8. The summed E-state index contributed by atoms with van der Waals surface area (Å²) in [4.78, 5) is 8.10. The van der Waals surface area contributed by atoms with Crippen molar-refractivity contribution in [3.8, 4) is 5.69 Å². The van der Waals surface area contributed by atoms with E-state index in [4.69, 9.17) is 11.5 Å². The van der Waals surface area contributed by atoms with Crippen LogP contribution in [-0.4, -0.2) is 14.5 Å². The fraction of sp³-hybridized carbons (Fsp3) is 0. The number of hydrogen-bond donors (Lipinski definition) is 2. The molecule has 84 valence electrons. The number of anilines is 2. The van der Waals surface area contributed by atoms with E-state index in [1.807, 2.05) is 47.3 Å². The summed E-state index contributed by atoms with van der Waals surface area (Å²) in [6, 6.07) is 9.73. The molecule has 5 heteroatoms. The molecule has 3 aromatic rings. The summed E-state index contributed by atoms with van der Waals surface area (Å²) < 4.78 is 2.00. The van der Waals surface area contributed by atoms with E-state index in [2.05, 4.69) is 9.97 Å². The summed E-state index contributed by atoms with van der Waals surface area (Å²) in [6.07, 6.45) is 3.94. The minimum absolute atomic E-state index is 0.198. The van der Waals surface area contributed by atoms with Crippen LogP contribution < -0.4 is 11.5 Å². The van der Waals surface area contributed by atoms with Gasteiger partial charge >= 0.3 is 0 Å². The molecule has 0 amide bonds. The average molecular weight is 225 g/mol. The van der Waals surface area contributed by atoms with Crippen molar-refractivity contribution >= 4 is 22.7 Å². The first-order valence-electron chi connectivity index (χ1n) is 5.20. The molecule has 0 aliphatic heterocycles. The van der Waals surface area contributed by atoms with Gasteiger partial charge in [-0.15, -0.1) is 0 Å². The number of nitrogens with two attached hydrogens (primary N) is 2. The van der Waals surface area contributed by atoms with Gasteiger partial charge in [0.05, 0.1) is 5.52 Å². The molecule has 4 N–H and O–H groups in total. The van der Waals surface area contributed by atoms with Crippen LogP contribution in [0.4, 0.5) is 11.8 Å². The van der Waals surface area contributed by atoms with Crippen LogP contribution in [0.3, 0.4) is 0 Å². The molecule has 0 fully saturated rings. The van der Waals surface area contributed by atoms with E-state index in [1.165, 1.54) is 0 Å².